The predicted octanol–water partition coefficient (Wildman–Crippen LogP) is 3.50. The van der Waals surface area contributed by atoms with Crippen molar-refractivity contribution in [1.82, 2.24) is 9.88 Å². The average Bonchev–Trinajstić information content (AvgIpc) is 2.46. The Kier molecular flexibility index (Phi) is 3.87. The summed E-state index contributed by atoms with van der Waals surface area (Å²) in [5.74, 6) is 1.72. The Labute approximate surface area is 122 Å². The molecule has 2 heterocycles. The van der Waals surface area contributed by atoms with Gasteiger partial charge in [-0.2, -0.15) is 0 Å². The molecular formula is C15H19BrN2O. The molecule has 0 radical (unpaired) electrons. The molecule has 1 aliphatic heterocycles. The van der Waals surface area contributed by atoms with Gasteiger partial charge in [-0.3, -0.25) is 9.78 Å². The lowest BCUT2D eigenvalue weighted by Crippen LogP contribution is -2.44. The van der Waals surface area contributed by atoms with Gasteiger partial charge in [0.2, 0.25) is 0 Å². The van der Waals surface area contributed by atoms with E-state index in [0.29, 0.717) is 5.56 Å². The van der Waals surface area contributed by atoms with Crippen LogP contribution in [0.1, 0.15) is 42.5 Å². The maximum Gasteiger partial charge on any atom is 0.255 e. The van der Waals surface area contributed by atoms with Crippen LogP contribution in [0.2, 0.25) is 0 Å². The molecular weight excluding hydrogens is 304 g/mol. The number of pyridine rings is 1. The zero-order valence-electron chi connectivity index (χ0n) is 11.0. The number of amides is 1. The third-order valence-electron chi connectivity index (χ3n) is 4.53. The van der Waals surface area contributed by atoms with Gasteiger partial charge >= 0.3 is 0 Å². The van der Waals surface area contributed by atoms with E-state index in [1.54, 1.807) is 12.4 Å². The fourth-order valence-electron chi connectivity index (χ4n) is 3.50. The van der Waals surface area contributed by atoms with Gasteiger partial charge in [-0.25, -0.2) is 0 Å². The Hall–Kier alpha value is -0.900. The topological polar surface area (TPSA) is 33.2 Å². The second-order valence-electron chi connectivity index (χ2n) is 5.74. The average molecular weight is 323 g/mol. The van der Waals surface area contributed by atoms with Crippen LogP contribution < -0.4 is 0 Å². The Morgan fingerprint density at radius 2 is 2.00 bits per heavy atom. The predicted molar refractivity (Wildman–Crippen MR) is 77.9 cm³/mol. The van der Waals surface area contributed by atoms with Crippen LogP contribution in [0.4, 0.5) is 0 Å². The Morgan fingerprint density at radius 3 is 2.79 bits per heavy atom. The first-order valence-electron chi connectivity index (χ1n) is 7.14. The highest BCUT2D eigenvalue weighted by atomic mass is 79.9. The Bertz CT molecular complexity index is 477. The van der Waals surface area contributed by atoms with Crippen molar-refractivity contribution < 1.29 is 4.79 Å². The van der Waals surface area contributed by atoms with Gasteiger partial charge in [-0.1, -0.05) is 19.3 Å². The zero-order valence-corrected chi connectivity index (χ0v) is 12.6. The summed E-state index contributed by atoms with van der Waals surface area (Å²) in [6.45, 7) is 1.85. The lowest BCUT2D eigenvalue weighted by atomic mass is 9.75. The number of likely N-dealkylation sites (tertiary alicyclic amines) is 1. The number of rotatable bonds is 1. The van der Waals surface area contributed by atoms with Crippen LogP contribution in [0, 0.1) is 11.8 Å². The highest BCUT2D eigenvalue weighted by Crippen LogP contribution is 2.36. The maximum absolute atomic E-state index is 12.5. The third kappa shape index (κ3) is 2.83. The number of piperidine rings is 1. The summed E-state index contributed by atoms with van der Waals surface area (Å²) < 4.78 is 0.867. The molecule has 2 atom stereocenters. The molecule has 19 heavy (non-hydrogen) atoms. The van der Waals surface area contributed by atoms with Crippen LogP contribution in [0.3, 0.4) is 0 Å². The number of hydrogen-bond donors (Lipinski definition) is 0. The largest absolute Gasteiger partial charge is 0.338 e. The molecule has 4 heteroatoms. The van der Waals surface area contributed by atoms with Crippen molar-refractivity contribution in [2.24, 2.45) is 11.8 Å². The summed E-state index contributed by atoms with van der Waals surface area (Å²) in [6.07, 6.45) is 9.94. The first kappa shape index (κ1) is 13.1. The van der Waals surface area contributed by atoms with E-state index in [1.807, 2.05) is 11.0 Å². The molecule has 0 bridgehead atoms. The monoisotopic (exact) mass is 322 g/mol. The summed E-state index contributed by atoms with van der Waals surface area (Å²) in [7, 11) is 0. The van der Waals surface area contributed by atoms with Gasteiger partial charge in [-0.05, 0) is 46.7 Å². The number of carbonyl (C=O) groups is 1. The van der Waals surface area contributed by atoms with Crippen molar-refractivity contribution in [3.63, 3.8) is 0 Å². The molecule has 3 nitrogen and oxygen atoms in total. The van der Waals surface area contributed by atoms with E-state index in [4.69, 9.17) is 0 Å². The molecule has 2 fully saturated rings. The van der Waals surface area contributed by atoms with Crippen LogP contribution in [-0.2, 0) is 0 Å². The summed E-state index contributed by atoms with van der Waals surface area (Å²) in [6, 6.07) is 1.86. The van der Waals surface area contributed by atoms with Gasteiger partial charge in [0.1, 0.15) is 0 Å². The Morgan fingerprint density at radius 1 is 1.21 bits per heavy atom. The molecule has 2 aliphatic rings. The van der Waals surface area contributed by atoms with Gasteiger partial charge in [0, 0.05) is 30.0 Å². The van der Waals surface area contributed by atoms with E-state index in [2.05, 4.69) is 20.9 Å². The van der Waals surface area contributed by atoms with E-state index < -0.39 is 0 Å². The quantitative estimate of drug-likeness (QED) is 0.792. The molecule has 1 amide bonds. The zero-order chi connectivity index (χ0) is 13.2. The molecule has 1 saturated carbocycles. The molecule has 1 saturated heterocycles. The highest BCUT2D eigenvalue weighted by Gasteiger charge is 2.33. The van der Waals surface area contributed by atoms with Crippen LogP contribution in [0.15, 0.2) is 22.9 Å². The fraction of sp³-hybridized carbons (Fsp3) is 0.600. The summed E-state index contributed by atoms with van der Waals surface area (Å²) in [5, 5.41) is 0. The summed E-state index contributed by atoms with van der Waals surface area (Å²) >= 11 is 3.38. The number of fused-ring (bicyclic) bond motifs is 1. The van der Waals surface area contributed by atoms with E-state index in [9.17, 15) is 4.79 Å². The van der Waals surface area contributed by atoms with E-state index in [-0.39, 0.29) is 5.91 Å². The fourth-order valence-corrected chi connectivity index (χ4v) is 3.86. The van der Waals surface area contributed by atoms with Crippen LogP contribution in [-0.4, -0.2) is 28.9 Å². The molecule has 1 aromatic heterocycles. The molecule has 102 valence electrons. The van der Waals surface area contributed by atoms with Crippen molar-refractivity contribution in [3.05, 3.63) is 28.5 Å². The Balaban J connectivity index is 1.71. The molecule has 0 spiro atoms. The van der Waals surface area contributed by atoms with Gasteiger partial charge in [0.15, 0.2) is 0 Å². The van der Waals surface area contributed by atoms with E-state index >= 15 is 0 Å². The number of carbonyl (C=O) groups excluding carboxylic acids is 1. The van der Waals surface area contributed by atoms with Crippen LogP contribution in [0.25, 0.3) is 0 Å². The number of halogens is 1. The van der Waals surface area contributed by atoms with Crippen molar-refractivity contribution in [2.75, 3.05) is 13.1 Å². The summed E-state index contributed by atoms with van der Waals surface area (Å²) in [5.41, 5.74) is 0.698. The second kappa shape index (κ2) is 5.61. The summed E-state index contributed by atoms with van der Waals surface area (Å²) in [4.78, 5) is 18.6. The number of hydrogen-bond acceptors (Lipinski definition) is 2. The lowest BCUT2D eigenvalue weighted by molar-refractivity contribution is 0.0520. The second-order valence-corrected chi connectivity index (χ2v) is 6.65. The molecule has 0 N–H and O–H groups in total. The SMILES string of the molecule is O=C(c1cncc(Br)c1)N1CC[C@H]2CCCC[C@H]2C1. The van der Waals surface area contributed by atoms with Crippen molar-refractivity contribution >= 4 is 21.8 Å². The van der Waals surface area contributed by atoms with Gasteiger partial charge in [0.25, 0.3) is 5.91 Å². The van der Waals surface area contributed by atoms with Crippen molar-refractivity contribution in [3.8, 4) is 0 Å². The van der Waals surface area contributed by atoms with Crippen molar-refractivity contribution in [1.29, 1.82) is 0 Å². The maximum atomic E-state index is 12.5. The standard InChI is InChI=1S/C15H19BrN2O/c16-14-7-13(8-17-9-14)15(19)18-6-5-11-3-1-2-4-12(11)10-18/h7-9,11-12H,1-6,10H2/t11-,12+/m1/s1. The third-order valence-corrected chi connectivity index (χ3v) is 4.96. The smallest absolute Gasteiger partial charge is 0.255 e. The van der Waals surface area contributed by atoms with E-state index in [0.717, 1.165) is 29.4 Å². The molecule has 1 aliphatic carbocycles. The first-order valence-corrected chi connectivity index (χ1v) is 7.93. The first-order chi connectivity index (χ1) is 9.24. The van der Waals surface area contributed by atoms with Crippen LogP contribution in [0.5, 0.6) is 0 Å². The van der Waals surface area contributed by atoms with Crippen LogP contribution >= 0.6 is 15.9 Å². The highest BCUT2D eigenvalue weighted by molar-refractivity contribution is 9.10. The normalized spacial score (nSPS) is 26.9. The molecule has 0 unspecified atom stereocenters. The van der Waals surface area contributed by atoms with Gasteiger partial charge < -0.3 is 4.90 Å². The minimum absolute atomic E-state index is 0.137. The van der Waals surface area contributed by atoms with E-state index in [1.165, 1.54) is 32.1 Å². The van der Waals surface area contributed by atoms with Gasteiger partial charge in [-0.15, -0.1) is 0 Å². The van der Waals surface area contributed by atoms with Crippen molar-refractivity contribution in [2.45, 2.75) is 32.1 Å². The molecule has 3 rings (SSSR count). The lowest BCUT2D eigenvalue weighted by Gasteiger charge is -2.41. The number of aromatic nitrogens is 1. The van der Waals surface area contributed by atoms with Gasteiger partial charge in [0.05, 0.1) is 5.56 Å². The minimum Gasteiger partial charge on any atom is -0.338 e. The minimum atomic E-state index is 0.137. The molecule has 1 aromatic rings. The molecule has 0 aromatic carbocycles. The number of nitrogens with zero attached hydrogens (tertiary/aromatic N) is 2.